The molecule has 2 fully saturated rings. The summed E-state index contributed by atoms with van der Waals surface area (Å²) in [6.45, 7) is 3.89. The van der Waals surface area contributed by atoms with Crippen molar-refractivity contribution in [2.75, 3.05) is 43.0 Å². The quantitative estimate of drug-likeness (QED) is 0.244. The van der Waals surface area contributed by atoms with Crippen LogP contribution in [0.5, 0.6) is 0 Å². The normalized spacial score (nSPS) is 20.5. The van der Waals surface area contributed by atoms with Gasteiger partial charge >= 0.3 is 0 Å². The molecule has 2 N–H and O–H groups in total. The van der Waals surface area contributed by atoms with E-state index >= 15 is 0 Å². The monoisotopic (exact) mass is 498 g/mol. The number of hydrogen-bond acceptors (Lipinski definition) is 6. The Balaban J connectivity index is 1.42. The number of carbonyl (C=O) groups excluding carboxylic acids is 2. The average Bonchev–Trinajstić information content (AvgIpc) is 3.63. The molecule has 1 atom stereocenters. The standard InChI is InChI=1S/C28H26N4O3S/c1-30-12-14-31(15-13-30)18-8-10-19(11-9-18)32-25(23-7-4-16-36-23)24(27(34)28(32)35)26(33)21-17-29-22-6-3-2-5-20(21)22/h2-11,16-17,25,29,33H,12-15H2,1H3/b26-24-. The van der Waals surface area contributed by atoms with E-state index in [4.69, 9.17) is 0 Å². The lowest BCUT2D eigenvalue weighted by atomic mass is 9.99. The van der Waals surface area contributed by atoms with Crippen LogP contribution in [0.4, 0.5) is 11.4 Å². The minimum atomic E-state index is -0.701. The van der Waals surface area contributed by atoms with Gasteiger partial charge in [-0.25, -0.2) is 0 Å². The first-order valence-electron chi connectivity index (χ1n) is 12.0. The minimum absolute atomic E-state index is 0.107. The average molecular weight is 499 g/mol. The Morgan fingerprint density at radius 1 is 0.944 bits per heavy atom. The minimum Gasteiger partial charge on any atom is -0.507 e. The van der Waals surface area contributed by atoms with E-state index in [1.165, 1.54) is 16.2 Å². The number of aliphatic hydroxyl groups excluding tert-OH is 1. The number of hydrogen-bond donors (Lipinski definition) is 2. The second-order valence-electron chi connectivity index (χ2n) is 9.24. The zero-order valence-corrected chi connectivity index (χ0v) is 20.7. The number of aromatic nitrogens is 1. The van der Waals surface area contributed by atoms with Gasteiger partial charge in [0.1, 0.15) is 11.8 Å². The fourth-order valence-corrected chi connectivity index (χ4v) is 5.94. The molecule has 2 aromatic carbocycles. The second-order valence-corrected chi connectivity index (χ2v) is 10.2. The van der Waals surface area contributed by atoms with Gasteiger partial charge in [0.05, 0.1) is 5.57 Å². The fraction of sp³-hybridized carbons (Fsp3) is 0.214. The zero-order valence-electron chi connectivity index (χ0n) is 19.8. The number of ketones is 1. The molecule has 4 heterocycles. The van der Waals surface area contributed by atoms with E-state index < -0.39 is 17.7 Å². The van der Waals surface area contributed by atoms with Crippen molar-refractivity contribution < 1.29 is 14.7 Å². The number of likely N-dealkylation sites (N-methyl/N-ethyl adjacent to an activating group) is 1. The summed E-state index contributed by atoms with van der Waals surface area (Å²) >= 11 is 1.46. The first kappa shape index (κ1) is 22.6. The molecule has 7 nitrogen and oxygen atoms in total. The molecular weight excluding hydrogens is 472 g/mol. The lowest BCUT2D eigenvalue weighted by Crippen LogP contribution is -2.44. The third-order valence-electron chi connectivity index (χ3n) is 7.10. The van der Waals surface area contributed by atoms with Crippen LogP contribution in [-0.2, 0) is 9.59 Å². The summed E-state index contributed by atoms with van der Waals surface area (Å²) in [4.78, 5) is 36.9. The van der Waals surface area contributed by atoms with Gasteiger partial charge in [-0.05, 0) is 48.8 Å². The molecule has 1 unspecified atom stereocenters. The zero-order chi connectivity index (χ0) is 24.8. The predicted octanol–water partition coefficient (Wildman–Crippen LogP) is 4.61. The molecule has 2 aliphatic heterocycles. The van der Waals surface area contributed by atoms with Crippen molar-refractivity contribution in [3.63, 3.8) is 0 Å². The Hall–Kier alpha value is -3.88. The summed E-state index contributed by atoms with van der Waals surface area (Å²) in [6, 6.07) is 18.5. The molecule has 36 heavy (non-hydrogen) atoms. The number of fused-ring (bicyclic) bond motifs is 1. The highest BCUT2D eigenvalue weighted by molar-refractivity contribution is 7.10. The van der Waals surface area contributed by atoms with Crippen LogP contribution in [-0.4, -0.2) is 59.9 Å². The number of thiophene rings is 1. The van der Waals surface area contributed by atoms with E-state index in [0.29, 0.717) is 11.3 Å². The van der Waals surface area contributed by atoms with Crippen LogP contribution in [0, 0.1) is 0 Å². The summed E-state index contributed by atoms with van der Waals surface area (Å²) < 4.78 is 0. The van der Waals surface area contributed by atoms with Crippen LogP contribution in [0.2, 0.25) is 0 Å². The smallest absolute Gasteiger partial charge is 0.300 e. The van der Waals surface area contributed by atoms with E-state index in [-0.39, 0.29) is 11.3 Å². The molecule has 4 aromatic rings. The number of rotatable bonds is 4. The number of H-pyrrole nitrogens is 1. The van der Waals surface area contributed by atoms with E-state index in [0.717, 1.165) is 47.6 Å². The Labute approximate surface area is 212 Å². The molecule has 0 bridgehead atoms. The number of benzene rings is 2. The molecule has 0 aliphatic carbocycles. The van der Waals surface area contributed by atoms with Gasteiger partial charge in [0.15, 0.2) is 0 Å². The predicted molar refractivity (Wildman–Crippen MR) is 144 cm³/mol. The van der Waals surface area contributed by atoms with Gasteiger partial charge in [0, 0.05) is 65.1 Å². The molecule has 2 aromatic heterocycles. The number of piperazine rings is 1. The van der Waals surface area contributed by atoms with Crippen molar-refractivity contribution in [3.8, 4) is 0 Å². The topological polar surface area (TPSA) is 79.9 Å². The SMILES string of the molecule is CN1CCN(c2ccc(N3C(=O)C(=O)/C(=C(\O)c4c[nH]c5ccccc45)C3c3cccs3)cc2)CC1. The summed E-state index contributed by atoms with van der Waals surface area (Å²) in [5.74, 6) is -1.48. The molecule has 0 saturated carbocycles. The van der Waals surface area contributed by atoms with Crippen molar-refractivity contribution >= 4 is 51.1 Å². The van der Waals surface area contributed by atoms with Crippen molar-refractivity contribution in [1.29, 1.82) is 0 Å². The summed E-state index contributed by atoms with van der Waals surface area (Å²) in [5, 5.41) is 14.1. The number of nitrogens with one attached hydrogen (secondary N) is 1. The van der Waals surface area contributed by atoms with Gasteiger partial charge in [-0.1, -0.05) is 24.3 Å². The fourth-order valence-electron chi connectivity index (χ4n) is 5.12. The van der Waals surface area contributed by atoms with Gasteiger partial charge in [0.25, 0.3) is 11.7 Å². The first-order chi connectivity index (χ1) is 17.5. The van der Waals surface area contributed by atoms with Gasteiger partial charge in [0.2, 0.25) is 0 Å². The van der Waals surface area contributed by atoms with E-state index in [1.807, 2.05) is 66.0 Å². The number of aliphatic hydroxyl groups is 1. The van der Waals surface area contributed by atoms with Gasteiger partial charge in [-0.2, -0.15) is 0 Å². The first-order valence-corrected chi connectivity index (χ1v) is 12.9. The van der Waals surface area contributed by atoms with Gasteiger partial charge in [-0.3, -0.25) is 14.5 Å². The molecular formula is C28H26N4O3S. The Bertz CT molecular complexity index is 1460. The molecule has 6 rings (SSSR count). The van der Waals surface area contributed by atoms with Crippen molar-refractivity contribution in [3.05, 3.63) is 88.3 Å². The summed E-state index contributed by atoms with van der Waals surface area (Å²) in [6.07, 6.45) is 1.68. The highest BCUT2D eigenvalue weighted by Crippen LogP contribution is 2.44. The molecule has 2 saturated heterocycles. The van der Waals surface area contributed by atoms with Gasteiger partial charge < -0.3 is 19.9 Å². The van der Waals surface area contributed by atoms with Crippen LogP contribution in [0.15, 0.2) is 77.8 Å². The van der Waals surface area contributed by atoms with Crippen molar-refractivity contribution in [1.82, 2.24) is 9.88 Å². The lowest BCUT2D eigenvalue weighted by molar-refractivity contribution is -0.132. The maximum absolute atomic E-state index is 13.4. The van der Waals surface area contributed by atoms with Crippen LogP contribution in [0.3, 0.4) is 0 Å². The van der Waals surface area contributed by atoms with Crippen LogP contribution in [0.25, 0.3) is 16.7 Å². The van der Waals surface area contributed by atoms with Crippen LogP contribution >= 0.6 is 11.3 Å². The molecule has 8 heteroatoms. The van der Waals surface area contributed by atoms with Crippen LogP contribution in [0.1, 0.15) is 16.5 Å². The number of aromatic amines is 1. The van der Waals surface area contributed by atoms with Crippen molar-refractivity contribution in [2.24, 2.45) is 0 Å². The third-order valence-corrected chi connectivity index (χ3v) is 8.02. The van der Waals surface area contributed by atoms with E-state index in [9.17, 15) is 14.7 Å². The number of anilines is 2. The molecule has 1 amide bonds. The largest absolute Gasteiger partial charge is 0.507 e. The maximum atomic E-state index is 13.4. The molecule has 2 aliphatic rings. The Morgan fingerprint density at radius 2 is 1.67 bits per heavy atom. The highest BCUT2D eigenvalue weighted by Gasteiger charge is 2.47. The summed E-state index contributed by atoms with van der Waals surface area (Å²) in [7, 11) is 2.12. The number of nitrogens with zero attached hydrogens (tertiary/aromatic N) is 3. The maximum Gasteiger partial charge on any atom is 0.300 e. The van der Waals surface area contributed by atoms with Gasteiger partial charge in [-0.15, -0.1) is 11.3 Å². The number of Topliss-reactive ketones (excluding diaryl/α,β-unsaturated/α-hetero) is 1. The highest BCUT2D eigenvalue weighted by atomic mass is 32.1. The molecule has 182 valence electrons. The Kier molecular flexibility index (Phi) is 5.62. The Morgan fingerprint density at radius 3 is 2.39 bits per heavy atom. The molecule has 0 spiro atoms. The third kappa shape index (κ3) is 3.70. The summed E-state index contributed by atoms with van der Waals surface area (Å²) in [5.41, 5.74) is 3.19. The number of para-hydroxylation sites is 1. The number of amides is 1. The van der Waals surface area contributed by atoms with E-state index in [1.54, 1.807) is 6.20 Å². The lowest BCUT2D eigenvalue weighted by Gasteiger charge is -2.34. The van der Waals surface area contributed by atoms with E-state index in [2.05, 4.69) is 21.8 Å². The van der Waals surface area contributed by atoms with Crippen LogP contribution < -0.4 is 9.80 Å². The number of carbonyl (C=O) groups is 2. The van der Waals surface area contributed by atoms with Crippen molar-refractivity contribution in [2.45, 2.75) is 6.04 Å². The molecule has 0 radical (unpaired) electrons. The second kappa shape index (κ2) is 8.96.